The van der Waals surface area contributed by atoms with Crippen LogP contribution in [0.15, 0.2) is 120 Å². The highest BCUT2D eigenvalue weighted by Crippen LogP contribution is 2.48. The molecule has 6 rings (SSSR count). The summed E-state index contributed by atoms with van der Waals surface area (Å²) in [6.07, 6.45) is 0. The van der Waals surface area contributed by atoms with Gasteiger partial charge in [0.1, 0.15) is 10.8 Å². The van der Waals surface area contributed by atoms with Gasteiger partial charge in [-0.3, -0.25) is 4.79 Å². The van der Waals surface area contributed by atoms with Crippen LogP contribution in [0.5, 0.6) is 0 Å². The minimum Gasteiger partial charge on any atom is -0.369 e. The summed E-state index contributed by atoms with van der Waals surface area (Å²) < 4.78 is 0. The van der Waals surface area contributed by atoms with Gasteiger partial charge < -0.3 is 15.5 Å². The van der Waals surface area contributed by atoms with Gasteiger partial charge in [0, 0.05) is 45.9 Å². The van der Waals surface area contributed by atoms with E-state index in [9.17, 15) is 4.79 Å². The Bertz CT molecular complexity index is 1720. The van der Waals surface area contributed by atoms with Crippen molar-refractivity contribution in [1.29, 1.82) is 0 Å². The van der Waals surface area contributed by atoms with Gasteiger partial charge >= 0.3 is 0 Å². The lowest BCUT2D eigenvalue weighted by Gasteiger charge is -2.38. The summed E-state index contributed by atoms with van der Waals surface area (Å²) in [5.74, 6) is -0.0721. The number of thiocarbonyl (C=S) groups is 1. The maximum atomic E-state index is 14.6. The van der Waals surface area contributed by atoms with Crippen LogP contribution in [0, 0.1) is 0 Å². The zero-order valence-corrected chi connectivity index (χ0v) is 24.8. The Morgan fingerprint density at radius 2 is 1.54 bits per heavy atom. The summed E-state index contributed by atoms with van der Waals surface area (Å²) in [5, 5.41) is 8.24. The minimum atomic E-state index is -0.563. The number of carbonyl (C=O) groups is 1. The molecule has 0 aliphatic carbocycles. The Balaban J connectivity index is 1.64. The van der Waals surface area contributed by atoms with Gasteiger partial charge in [-0.1, -0.05) is 108 Å². The molecule has 1 fully saturated rings. The van der Waals surface area contributed by atoms with Crippen molar-refractivity contribution in [3.05, 3.63) is 152 Å². The zero-order chi connectivity index (χ0) is 28.5. The Morgan fingerprint density at radius 3 is 2.27 bits per heavy atom. The maximum Gasteiger partial charge on any atom is 0.195 e. The van der Waals surface area contributed by atoms with Crippen LogP contribution in [-0.2, 0) is 0 Å². The second-order valence-corrected chi connectivity index (χ2v) is 11.4. The first-order valence-electron chi connectivity index (χ1n) is 13.1. The molecular weight excluding hydrogens is 593 g/mol. The Hall–Kier alpha value is -3.61. The molecule has 0 aromatic heterocycles. The van der Waals surface area contributed by atoms with Gasteiger partial charge in [0.15, 0.2) is 5.78 Å². The standard InChI is InChI=1S/C33H24Cl3N3OS/c34-22-11-7-10-21(18-22)27-28(33(41)38-24-12-5-2-6-13-24)30(20-8-3-1-4-9-20)39-17-16-37-32(39)29(27)31(40)25-19-23(35)14-15-26(25)36/h1-15,18-19,27,37H,16-17H2,(H,38,41)/t27-/m1/s1. The maximum absolute atomic E-state index is 14.6. The first-order chi connectivity index (χ1) is 19.9. The number of allylic oxidation sites excluding steroid dienone is 1. The number of nitrogens with zero attached hydrogens (tertiary/aromatic N) is 1. The molecule has 0 bridgehead atoms. The summed E-state index contributed by atoms with van der Waals surface area (Å²) in [7, 11) is 0. The minimum absolute atomic E-state index is 0.232. The second-order valence-electron chi connectivity index (χ2n) is 9.73. The van der Waals surface area contributed by atoms with E-state index in [1.54, 1.807) is 18.2 Å². The number of halogens is 3. The SMILES string of the molecule is O=C(C1=C2NCCN2C(c2ccccc2)=C(C(=S)Nc2ccccc2)[C@H]1c1cccc(Cl)c1)c1cc(Cl)ccc1Cl. The summed E-state index contributed by atoms with van der Waals surface area (Å²) in [6, 6.07) is 32.4. The molecule has 4 nitrogen and oxygen atoms in total. The van der Waals surface area contributed by atoms with E-state index in [1.165, 1.54) is 0 Å². The van der Waals surface area contributed by atoms with Crippen LogP contribution in [0.1, 0.15) is 27.4 Å². The van der Waals surface area contributed by atoms with Crippen molar-refractivity contribution in [2.24, 2.45) is 0 Å². The number of ketones is 1. The Kier molecular flexibility index (Phi) is 7.87. The lowest BCUT2D eigenvalue weighted by atomic mass is 9.77. The van der Waals surface area contributed by atoms with E-state index in [1.807, 2.05) is 72.8 Å². The third-order valence-corrected chi connectivity index (χ3v) is 8.30. The highest BCUT2D eigenvalue weighted by atomic mass is 35.5. The molecule has 2 aliphatic heterocycles. The van der Waals surface area contributed by atoms with E-state index in [-0.39, 0.29) is 5.78 Å². The van der Waals surface area contributed by atoms with Gasteiger partial charge in [0.05, 0.1) is 16.3 Å². The number of hydrogen-bond acceptors (Lipinski definition) is 4. The van der Waals surface area contributed by atoms with Crippen molar-refractivity contribution in [3.8, 4) is 0 Å². The van der Waals surface area contributed by atoms with E-state index in [0.717, 1.165) is 33.9 Å². The number of Topliss-reactive ketones (excluding diaryl/α,β-unsaturated/α-hetero) is 1. The molecule has 2 N–H and O–H groups in total. The molecular formula is C33H24Cl3N3OS. The van der Waals surface area contributed by atoms with Crippen LogP contribution in [0.25, 0.3) is 5.70 Å². The average molecular weight is 617 g/mol. The second kappa shape index (κ2) is 11.7. The monoisotopic (exact) mass is 615 g/mol. The number of fused-ring (bicyclic) bond motifs is 1. The third kappa shape index (κ3) is 5.39. The molecule has 0 unspecified atom stereocenters. The van der Waals surface area contributed by atoms with Crippen molar-refractivity contribution in [1.82, 2.24) is 10.2 Å². The van der Waals surface area contributed by atoms with Gasteiger partial charge in [0.2, 0.25) is 0 Å². The molecule has 0 spiro atoms. The highest BCUT2D eigenvalue weighted by molar-refractivity contribution is 7.81. The van der Waals surface area contributed by atoms with Gasteiger partial charge in [-0.15, -0.1) is 0 Å². The molecule has 0 radical (unpaired) electrons. The van der Waals surface area contributed by atoms with Crippen molar-refractivity contribution in [2.45, 2.75) is 5.92 Å². The van der Waals surface area contributed by atoms with Crippen molar-refractivity contribution in [2.75, 3.05) is 18.4 Å². The summed E-state index contributed by atoms with van der Waals surface area (Å²) in [6.45, 7) is 1.31. The molecule has 2 aliphatic rings. The summed E-state index contributed by atoms with van der Waals surface area (Å²) >= 11 is 25.7. The van der Waals surface area contributed by atoms with E-state index < -0.39 is 5.92 Å². The van der Waals surface area contributed by atoms with Crippen molar-refractivity contribution >= 4 is 69.2 Å². The molecule has 4 aromatic carbocycles. The number of rotatable bonds is 6. The van der Waals surface area contributed by atoms with Crippen molar-refractivity contribution in [3.63, 3.8) is 0 Å². The lowest BCUT2D eigenvalue weighted by molar-refractivity contribution is 0.102. The van der Waals surface area contributed by atoms with Crippen LogP contribution >= 0.6 is 47.0 Å². The predicted octanol–water partition coefficient (Wildman–Crippen LogP) is 8.59. The van der Waals surface area contributed by atoms with Crippen molar-refractivity contribution < 1.29 is 4.79 Å². The first kappa shape index (κ1) is 27.6. The predicted molar refractivity (Wildman–Crippen MR) is 173 cm³/mol. The molecule has 0 saturated carbocycles. The van der Waals surface area contributed by atoms with E-state index in [4.69, 9.17) is 47.0 Å². The smallest absolute Gasteiger partial charge is 0.195 e. The Labute approximate surface area is 259 Å². The Morgan fingerprint density at radius 1 is 0.829 bits per heavy atom. The first-order valence-corrected chi connectivity index (χ1v) is 14.6. The van der Waals surface area contributed by atoms with Crippen LogP contribution < -0.4 is 10.6 Å². The summed E-state index contributed by atoms with van der Waals surface area (Å²) in [4.78, 5) is 17.2. The number of hydrogen-bond donors (Lipinski definition) is 2. The normalized spacial score (nSPS) is 16.4. The number of para-hydroxylation sites is 1. The quantitative estimate of drug-likeness (QED) is 0.168. The molecule has 204 valence electrons. The topological polar surface area (TPSA) is 44.4 Å². The fourth-order valence-corrected chi connectivity index (χ4v) is 6.37. The molecule has 41 heavy (non-hydrogen) atoms. The van der Waals surface area contributed by atoms with E-state index >= 15 is 0 Å². The molecule has 8 heteroatoms. The van der Waals surface area contributed by atoms with E-state index in [2.05, 4.69) is 27.7 Å². The third-order valence-electron chi connectivity index (χ3n) is 7.18. The number of carbonyl (C=O) groups excluding carboxylic acids is 1. The van der Waals surface area contributed by atoms with Crippen LogP contribution in [0.3, 0.4) is 0 Å². The average Bonchev–Trinajstić information content (AvgIpc) is 3.47. The van der Waals surface area contributed by atoms with Crippen LogP contribution in [-0.4, -0.2) is 28.8 Å². The molecule has 2 heterocycles. The fourth-order valence-electron chi connectivity index (χ4n) is 5.46. The number of benzene rings is 4. The molecule has 4 aromatic rings. The molecule has 1 saturated heterocycles. The molecule has 1 atom stereocenters. The fraction of sp³-hybridized carbons (Fsp3) is 0.0909. The molecule has 0 amide bonds. The van der Waals surface area contributed by atoms with Gasteiger partial charge in [-0.25, -0.2) is 0 Å². The lowest BCUT2D eigenvalue weighted by Crippen LogP contribution is -2.36. The van der Waals surface area contributed by atoms with Gasteiger partial charge in [-0.05, 0) is 53.6 Å². The van der Waals surface area contributed by atoms with Crippen LogP contribution in [0.2, 0.25) is 15.1 Å². The highest BCUT2D eigenvalue weighted by Gasteiger charge is 2.43. The van der Waals surface area contributed by atoms with Gasteiger partial charge in [-0.2, -0.15) is 0 Å². The number of anilines is 1. The largest absolute Gasteiger partial charge is 0.369 e. The summed E-state index contributed by atoms with van der Waals surface area (Å²) in [5.41, 5.74) is 5.25. The zero-order valence-electron chi connectivity index (χ0n) is 21.7. The van der Waals surface area contributed by atoms with E-state index in [0.29, 0.717) is 44.3 Å². The number of nitrogens with one attached hydrogen (secondary N) is 2. The van der Waals surface area contributed by atoms with Gasteiger partial charge in [0.25, 0.3) is 0 Å². The van der Waals surface area contributed by atoms with Crippen LogP contribution in [0.4, 0.5) is 5.69 Å².